The van der Waals surface area contributed by atoms with Crippen LogP contribution in [-0.2, 0) is 6.54 Å². The molecule has 1 aromatic carbocycles. The summed E-state index contributed by atoms with van der Waals surface area (Å²) in [6.45, 7) is 3.98. The van der Waals surface area contributed by atoms with Crippen molar-refractivity contribution in [1.29, 1.82) is 5.26 Å². The Bertz CT molecular complexity index is 603. The molecule has 0 spiro atoms. The molecular formula is C17H21N5. The number of anilines is 1. The molecule has 5 heteroatoms. The zero-order valence-corrected chi connectivity index (χ0v) is 13.0. The quantitative estimate of drug-likeness (QED) is 0.850. The normalized spacial score (nSPS) is 11.9. The van der Waals surface area contributed by atoms with Crippen LogP contribution in [0.2, 0.25) is 0 Å². The summed E-state index contributed by atoms with van der Waals surface area (Å²) < 4.78 is 0. The molecule has 1 N–H and O–H groups in total. The third kappa shape index (κ3) is 4.83. The first-order chi connectivity index (χ1) is 10.7. The van der Waals surface area contributed by atoms with E-state index in [9.17, 15) is 0 Å². The molecule has 5 nitrogen and oxygen atoms in total. The molecule has 0 aliphatic heterocycles. The summed E-state index contributed by atoms with van der Waals surface area (Å²) in [5.41, 5.74) is 1.66. The number of benzene rings is 1. The van der Waals surface area contributed by atoms with Crippen LogP contribution in [-0.4, -0.2) is 34.5 Å². The predicted molar refractivity (Wildman–Crippen MR) is 87.2 cm³/mol. The molecule has 1 aromatic heterocycles. The Labute approximate surface area is 131 Å². The fourth-order valence-electron chi connectivity index (χ4n) is 2.13. The van der Waals surface area contributed by atoms with Crippen molar-refractivity contribution >= 4 is 5.82 Å². The van der Waals surface area contributed by atoms with Crippen molar-refractivity contribution in [1.82, 2.24) is 14.9 Å². The van der Waals surface area contributed by atoms with E-state index in [1.165, 1.54) is 11.8 Å². The number of rotatable bonds is 7. The van der Waals surface area contributed by atoms with Crippen molar-refractivity contribution in [2.24, 2.45) is 0 Å². The number of nitriles is 1. The van der Waals surface area contributed by atoms with E-state index in [0.717, 1.165) is 19.5 Å². The fraction of sp³-hybridized carbons (Fsp3) is 0.353. The van der Waals surface area contributed by atoms with Crippen LogP contribution in [0.5, 0.6) is 0 Å². The highest BCUT2D eigenvalue weighted by molar-refractivity contribution is 5.32. The van der Waals surface area contributed by atoms with Gasteiger partial charge in [-0.2, -0.15) is 5.26 Å². The van der Waals surface area contributed by atoms with Crippen LogP contribution in [0.25, 0.3) is 0 Å². The van der Waals surface area contributed by atoms with Crippen molar-refractivity contribution in [3.05, 3.63) is 54.0 Å². The van der Waals surface area contributed by atoms with Gasteiger partial charge >= 0.3 is 0 Å². The number of nitrogens with zero attached hydrogens (tertiary/aromatic N) is 4. The van der Waals surface area contributed by atoms with E-state index in [2.05, 4.69) is 58.4 Å². The van der Waals surface area contributed by atoms with E-state index < -0.39 is 0 Å². The smallest absolute Gasteiger partial charge is 0.158 e. The summed E-state index contributed by atoms with van der Waals surface area (Å²) in [6.07, 6.45) is 4.08. The summed E-state index contributed by atoms with van der Waals surface area (Å²) in [7, 11) is 2.14. The lowest BCUT2D eigenvalue weighted by Crippen LogP contribution is -2.30. The standard InChI is InChI=1S/C17H21N5/c1-14(22(2)13-15-6-4-3-5-7-15)8-9-19-17-12-20-16(10-18)11-21-17/h3-7,11-12,14H,8-9,13H2,1-2H3,(H,19,21). The Balaban J connectivity index is 1.74. The lowest BCUT2D eigenvalue weighted by Gasteiger charge is -2.25. The first-order valence-corrected chi connectivity index (χ1v) is 7.39. The second-order valence-electron chi connectivity index (χ2n) is 5.36. The van der Waals surface area contributed by atoms with Crippen LogP contribution >= 0.6 is 0 Å². The molecule has 1 heterocycles. The van der Waals surface area contributed by atoms with Gasteiger partial charge in [-0.1, -0.05) is 30.3 Å². The first-order valence-electron chi connectivity index (χ1n) is 7.39. The zero-order chi connectivity index (χ0) is 15.8. The average Bonchev–Trinajstić information content (AvgIpc) is 2.56. The first kappa shape index (κ1) is 15.9. The fourth-order valence-corrected chi connectivity index (χ4v) is 2.13. The number of aromatic nitrogens is 2. The van der Waals surface area contributed by atoms with Crippen LogP contribution in [0.1, 0.15) is 24.6 Å². The zero-order valence-electron chi connectivity index (χ0n) is 13.0. The molecule has 2 aromatic rings. The molecule has 0 saturated heterocycles. The summed E-state index contributed by atoms with van der Waals surface area (Å²) in [5, 5.41) is 11.9. The van der Waals surface area contributed by atoms with Gasteiger partial charge in [-0.3, -0.25) is 4.90 Å². The second-order valence-corrected chi connectivity index (χ2v) is 5.36. The summed E-state index contributed by atoms with van der Waals surface area (Å²) >= 11 is 0. The van der Waals surface area contributed by atoms with Gasteiger partial charge in [-0.25, -0.2) is 9.97 Å². The average molecular weight is 295 g/mol. The molecular weight excluding hydrogens is 274 g/mol. The molecule has 1 atom stereocenters. The van der Waals surface area contributed by atoms with Gasteiger partial charge in [0.1, 0.15) is 11.9 Å². The maximum atomic E-state index is 8.68. The van der Waals surface area contributed by atoms with Gasteiger partial charge in [-0.05, 0) is 26.0 Å². The summed E-state index contributed by atoms with van der Waals surface area (Å²) in [5.74, 6) is 0.705. The largest absolute Gasteiger partial charge is 0.369 e. The minimum absolute atomic E-state index is 0.335. The third-order valence-electron chi connectivity index (χ3n) is 3.66. The SMILES string of the molecule is CC(CCNc1cnc(C#N)cn1)N(C)Cc1ccccc1. The van der Waals surface area contributed by atoms with Gasteiger partial charge < -0.3 is 5.32 Å². The van der Waals surface area contributed by atoms with E-state index >= 15 is 0 Å². The van der Waals surface area contributed by atoms with Crippen LogP contribution in [0, 0.1) is 11.3 Å². The monoisotopic (exact) mass is 295 g/mol. The van der Waals surface area contributed by atoms with Crippen LogP contribution in [0.4, 0.5) is 5.82 Å². The summed E-state index contributed by atoms with van der Waals surface area (Å²) in [6, 6.07) is 12.9. The molecule has 0 bridgehead atoms. The van der Waals surface area contributed by atoms with Gasteiger partial charge in [-0.15, -0.1) is 0 Å². The maximum Gasteiger partial charge on any atom is 0.158 e. The highest BCUT2D eigenvalue weighted by atomic mass is 15.1. The molecule has 22 heavy (non-hydrogen) atoms. The Morgan fingerprint density at radius 3 is 2.64 bits per heavy atom. The Morgan fingerprint density at radius 1 is 1.23 bits per heavy atom. The van der Waals surface area contributed by atoms with E-state index in [4.69, 9.17) is 5.26 Å². The van der Waals surface area contributed by atoms with Crippen molar-refractivity contribution in [2.75, 3.05) is 18.9 Å². The lowest BCUT2D eigenvalue weighted by atomic mass is 10.1. The van der Waals surface area contributed by atoms with E-state index in [1.807, 2.05) is 12.1 Å². The molecule has 0 fully saturated rings. The van der Waals surface area contributed by atoms with E-state index in [0.29, 0.717) is 17.6 Å². The van der Waals surface area contributed by atoms with Crippen LogP contribution < -0.4 is 5.32 Å². The summed E-state index contributed by atoms with van der Waals surface area (Å²) in [4.78, 5) is 10.5. The molecule has 0 amide bonds. The van der Waals surface area contributed by atoms with Crippen LogP contribution in [0.3, 0.4) is 0 Å². The van der Waals surface area contributed by atoms with E-state index in [-0.39, 0.29) is 0 Å². The van der Waals surface area contributed by atoms with Gasteiger partial charge in [0.15, 0.2) is 5.69 Å². The minimum Gasteiger partial charge on any atom is -0.369 e. The topological polar surface area (TPSA) is 64.8 Å². The number of nitrogens with one attached hydrogen (secondary N) is 1. The molecule has 0 aliphatic carbocycles. The second kappa shape index (κ2) is 8.11. The molecule has 0 saturated carbocycles. The molecule has 1 unspecified atom stereocenters. The van der Waals surface area contributed by atoms with Crippen molar-refractivity contribution in [3.63, 3.8) is 0 Å². The highest BCUT2D eigenvalue weighted by Crippen LogP contribution is 2.09. The minimum atomic E-state index is 0.335. The van der Waals surface area contributed by atoms with Gasteiger partial charge in [0.05, 0.1) is 12.4 Å². The third-order valence-corrected chi connectivity index (χ3v) is 3.66. The molecule has 2 rings (SSSR count). The molecule has 0 aliphatic rings. The number of hydrogen-bond donors (Lipinski definition) is 1. The maximum absolute atomic E-state index is 8.68. The molecule has 0 radical (unpaired) electrons. The van der Waals surface area contributed by atoms with Gasteiger partial charge in [0.25, 0.3) is 0 Å². The van der Waals surface area contributed by atoms with Gasteiger partial charge in [0.2, 0.25) is 0 Å². The predicted octanol–water partition coefficient (Wildman–Crippen LogP) is 2.67. The lowest BCUT2D eigenvalue weighted by molar-refractivity contribution is 0.242. The van der Waals surface area contributed by atoms with Gasteiger partial charge in [0, 0.05) is 19.1 Å². The Morgan fingerprint density at radius 2 is 2.00 bits per heavy atom. The van der Waals surface area contributed by atoms with Crippen molar-refractivity contribution in [3.8, 4) is 6.07 Å². The van der Waals surface area contributed by atoms with Crippen molar-refractivity contribution < 1.29 is 0 Å². The molecule has 114 valence electrons. The highest BCUT2D eigenvalue weighted by Gasteiger charge is 2.09. The van der Waals surface area contributed by atoms with Crippen LogP contribution in [0.15, 0.2) is 42.7 Å². The number of hydrogen-bond acceptors (Lipinski definition) is 5. The Kier molecular flexibility index (Phi) is 5.87. The Hall–Kier alpha value is -2.45. The van der Waals surface area contributed by atoms with E-state index in [1.54, 1.807) is 6.20 Å². The van der Waals surface area contributed by atoms with Crippen molar-refractivity contribution in [2.45, 2.75) is 25.9 Å².